The summed E-state index contributed by atoms with van der Waals surface area (Å²) in [6.07, 6.45) is 0.477. The molecule has 2 aliphatic heterocycles. The van der Waals surface area contributed by atoms with E-state index in [1.807, 2.05) is 20.9 Å². The van der Waals surface area contributed by atoms with Crippen LogP contribution in [-0.4, -0.2) is 48.6 Å². The number of benzene rings is 1. The van der Waals surface area contributed by atoms with Gasteiger partial charge in [0.05, 0.1) is 23.2 Å². The highest BCUT2D eigenvalue weighted by molar-refractivity contribution is 6.10. The van der Waals surface area contributed by atoms with Gasteiger partial charge in [-0.05, 0) is 62.4 Å². The number of aryl methyl sites for hydroxylation is 1. The number of fused-ring (bicyclic) bond motifs is 1. The van der Waals surface area contributed by atoms with Gasteiger partial charge in [0.25, 0.3) is 5.91 Å². The molecule has 5 rings (SSSR count). The molecule has 0 saturated carbocycles. The van der Waals surface area contributed by atoms with E-state index in [1.54, 1.807) is 23.0 Å². The van der Waals surface area contributed by atoms with E-state index < -0.39 is 23.1 Å². The maximum Gasteiger partial charge on any atom is 0.416 e. The Morgan fingerprint density at radius 1 is 1.14 bits per heavy atom. The summed E-state index contributed by atoms with van der Waals surface area (Å²) in [5, 5.41) is 8.12. The summed E-state index contributed by atoms with van der Waals surface area (Å²) < 4.78 is 44.2. The van der Waals surface area contributed by atoms with Gasteiger partial charge in [0.15, 0.2) is 0 Å². The number of carbonyl (C=O) groups excluding carboxylic acids is 1. The number of halogens is 3. The van der Waals surface area contributed by atoms with Crippen molar-refractivity contribution < 1.29 is 18.0 Å². The molecule has 0 N–H and O–H groups in total. The second kappa shape index (κ2) is 9.20. The first kappa shape index (κ1) is 25.3. The molecule has 4 heterocycles. The monoisotopic (exact) mass is 513 g/mol. The Balaban J connectivity index is 1.49. The van der Waals surface area contributed by atoms with Gasteiger partial charge in [-0.15, -0.1) is 10.2 Å². The van der Waals surface area contributed by atoms with Crippen LogP contribution in [0.1, 0.15) is 72.2 Å². The standard InChI is InChI=1S/C26H30F3N7O/c1-16-6-5-7-35(11-16)12-17-8-18-19(20(9-17)26(27,28)29)13-36(23(18)37)22-10-21(30-14-31-22)25(2,3)24-33-32-15-34(24)4/h8-10,14-16H,5-7,11-13H2,1-4H3/t16-/m0/s1. The zero-order chi connectivity index (χ0) is 26.5. The fraction of sp³-hybridized carbons (Fsp3) is 0.500. The minimum Gasteiger partial charge on any atom is -0.320 e. The van der Waals surface area contributed by atoms with Crippen molar-refractivity contribution in [3.8, 4) is 0 Å². The highest BCUT2D eigenvalue weighted by atomic mass is 19.4. The van der Waals surface area contributed by atoms with Crippen LogP contribution >= 0.6 is 0 Å². The van der Waals surface area contributed by atoms with E-state index in [1.165, 1.54) is 17.3 Å². The van der Waals surface area contributed by atoms with Gasteiger partial charge >= 0.3 is 6.18 Å². The third-order valence-electron chi connectivity index (χ3n) is 7.39. The number of alkyl halides is 3. The van der Waals surface area contributed by atoms with Crippen LogP contribution in [0.4, 0.5) is 19.0 Å². The van der Waals surface area contributed by atoms with Crippen molar-refractivity contribution in [3.05, 3.63) is 64.6 Å². The molecule has 1 aromatic carbocycles. The Kier molecular flexibility index (Phi) is 6.29. The largest absolute Gasteiger partial charge is 0.416 e. The predicted octanol–water partition coefficient (Wildman–Crippen LogP) is 4.34. The Morgan fingerprint density at radius 3 is 2.59 bits per heavy atom. The summed E-state index contributed by atoms with van der Waals surface area (Å²) >= 11 is 0. The lowest BCUT2D eigenvalue weighted by atomic mass is 9.88. The molecule has 2 aliphatic rings. The smallest absolute Gasteiger partial charge is 0.320 e. The maximum atomic E-state index is 14.2. The molecule has 0 bridgehead atoms. The molecule has 0 aliphatic carbocycles. The molecule has 1 amide bonds. The molecule has 0 unspecified atom stereocenters. The van der Waals surface area contributed by atoms with E-state index in [9.17, 15) is 18.0 Å². The van der Waals surface area contributed by atoms with E-state index in [0.29, 0.717) is 29.5 Å². The molecular formula is C26H30F3N7O. The average molecular weight is 514 g/mol. The maximum absolute atomic E-state index is 14.2. The summed E-state index contributed by atoms with van der Waals surface area (Å²) in [6.45, 7) is 7.84. The van der Waals surface area contributed by atoms with Gasteiger partial charge in [0.1, 0.15) is 24.3 Å². The van der Waals surface area contributed by atoms with Gasteiger partial charge in [-0.2, -0.15) is 13.2 Å². The van der Waals surface area contributed by atoms with Crippen molar-refractivity contribution in [2.24, 2.45) is 13.0 Å². The lowest BCUT2D eigenvalue weighted by molar-refractivity contribution is -0.138. The molecule has 2 aromatic heterocycles. The van der Waals surface area contributed by atoms with Crippen LogP contribution in [0.15, 0.2) is 30.9 Å². The van der Waals surface area contributed by atoms with Gasteiger partial charge in [0, 0.05) is 31.8 Å². The Labute approximate surface area is 213 Å². The van der Waals surface area contributed by atoms with E-state index in [0.717, 1.165) is 25.9 Å². The fourth-order valence-electron chi connectivity index (χ4n) is 5.49. The molecule has 1 fully saturated rings. The van der Waals surface area contributed by atoms with Crippen LogP contribution in [0.3, 0.4) is 0 Å². The van der Waals surface area contributed by atoms with Crippen molar-refractivity contribution in [1.29, 1.82) is 0 Å². The van der Waals surface area contributed by atoms with Crippen molar-refractivity contribution in [1.82, 2.24) is 29.6 Å². The first-order valence-electron chi connectivity index (χ1n) is 12.4. The average Bonchev–Trinajstić information content (AvgIpc) is 3.42. The number of likely N-dealkylation sites (tertiary alicyclic amines) is 1. The van der Waals surface area contributed by atoms with Gasteiger partial charge in [-0.25, -0.2) is 9.97 Å². The summed E-state index contributed by atoms with van der Waals surface area (Å²) in [5.74, 6) is 0.917. The Bertz CT molecular complexity index is 1330. The number of nitrogens with zero attached hydrogens (tertiary/aromatic N) is 7. The SMILES string of the molecule is C[C@H]1CCCN(Cc2cc3c(c(C(F)(F)F)c2)CN(c2cc(C(C)(C)c4nncn4C)ncn2)C3=O)C1. The quantitative estimate of drug-likeness (QED) is 0.505. The van der Waals surface area contributed by atoms with Crippen LogP contribution in [0.2, 0.25) is 0 Å². The molecule has 37 heavy (non-hydrogen) atoms. The van der Waals surface area contributed by atoms with Crippen molar-refractivity contribution in [2.75, 3.05) is 18.0 Å². The second-order valence-electron chi connectivity index (χ2n) is 10.7. The first-order chi connectivity index (χ1) is 17.4. The molecule has 1 saturated heterocycles. The topological polar surface area (TPSA) is 80.0 Å². The normalized spacial score (nSPS) is 18.9. The minimum atomic E-state index is -4.57. The number of hydrogen-bond donors (Lipinski definition) is 0. The number of piperidine rings is 1. The number of aromatic nitrogens is 5. The highest BCUT2D eigenvalue weighted by Gasteiger charge is 2.41. The summed E-state index contributed by atoms with van der Waals surface area (Å²) in [7, 11) is 1.82. The van der Waals surface area contributed by atoms with Crippen LogP contribution in [-0.2, 0) is 31.7 Å². The third-order valence-corrected chi connectivity index (χ3v) is 7.39. The molecule has 3 aromatic rings. The lowest BCUT2D eigenvalue weighted by Crippen LogP contribution is -2.33. The second-order valence-corrected chi connectivity index (χ2v) is 10.7. The zero-order valence-electron chi connectivity index (χ0n) is 21.4. The van der Waals surface area contributed by atoms with Crippen molar-refractivity contribution in [3.63, 3.8) is 0 Å². The highest BCUT2D eigenvalue weighted by Crippen LogP contribution is 2.40. The molecule has 0 spiro atoms. The lowest BCUT2D eigenvalue weighted by Gasteiger charge is -2.31. The van der Waals surface area contributed by atoms with Gasteiger partial charge in [-0.1, -0.05) is 6.92 Å². The molecule has 1 atom stereocenters. The summed E-state index contributed by atoms with van der Waals surface area (Å²) in [5.41, 5.74) is -0.275. The first-order valence-corrected chi connectivity index (χ1v) is 12.4. The molecule has 0 radical (unpaired) electrons. The fourth-order valence-corrected chi connectivity index (χ4v) is 5.49. The van der Waals surface area contributed by atoms with Gasteiger partial charge in [0.2, 0.25) is 0 Å². The van der Waals surface area contributed by atoms with Crippen LogP contribution in [0.5, 0.6) is 0 Å². The third kappa shape index (κ3) is 4.72. The van der Waals surface area contributed by atoms with Crippen molar-refractivity contribution in [2.45, 2.75) is 58.3 Å². The number of hydrogen-bond acceptors (Lipinski definition) is 6. The summed E-state index contributed by atoms with van der Waals surface area (Å²) in [4.78, 5) is 25.6. The summed E-state index contributed by atoms with van der Waals surface area (Å²) in [6, 6.07) is 4.47. The predicted molar refractivity (Wildman–Crippen MR) is 131 cm³/mol. The Morgan fingerprint density at radius 2 is 1.92 bits per heavy atom. The number of amides is 1. The Hall–Kier alpha value is -3.34. The number of carbonyl (C=O) groups is 1. The van der Waals surface area contributed by atoms with Crippen LogP contribution in [0, 0.1) is 5.92 Å². The van der Waals surface area contributed by atoms with Gasteiger partial charge < -0.3 is 4.57 Å². The van der Waals surface area contributed by atoms with Crippen molar-refractivity contribution >= 4 is 11.7 Å². The number of anilines is 1. The van der Waals surface area contributed by atoms with E-state index in [4.69, 9.17) is 0 Å². The van der Waals surface area contributed by atoms with E-state index in [-0.39, 0.29) is 23.5 Å². The zero-order valence-corrected chi connectivity index (χ0v) is 21.4. The molecule has 11 heteroatoms. The number of rotatable bonds is 5. The molecule has 8 nitrogen and oxygen atoms in total. The van der Waals surface area contributed by atoms with E-state index >= 15 is 0 Å². The minimum absolute atomic E-state index is 0.0130. The molecular weight excluding hydrogens is 483 g/mol. The van der Waals surface area contributed by atoms with E-state index in [2.05, 4.69) is 32.0 Å². The van der Waals surface area contributed by atoms with Crippen LogP contribution in [0.25, 0.3) is 0 Å². The van der Waals surface area contributed by atoms with Crippen LogP contribution < -0.4 is 4.90 Å². The molecule has 196 valence electrons. The van der Waals surface area contributed by atoms with Gasteiger partial charge in [-0.3, -0.25) is 14.6 Å².